The van der Waals surface area contributed by atoms with E-state index in [2.05, 4.69) is 15.9 Å². The second-order valence-electron chi connectivity index (χ2n) is 4.01. The van der Waals surface area contributed by atoms with Crippen molar-refractivity contribution < 1.29 is 9.13 Å². The van der Waals surface area contributed by atoms with Crippen LogP contribution >= 0.6 is 15.9 Å². The molecule has 2 atom stereocenters. The molecule has 0 saturated heterocycles. The molecule has 4 heteroatoms. The van der Waals surface area contributed by atoms with E-state index in [4.69, 9.17) is 10.5 Å². The number of hydrogen-bond donors (Lipinski definition) is 1. The topological polar surface area (TPSA) is 35.2 Å². The van der Waals surface area contributed by atoms with Gasteiger partial charge in [0.25, 0.3) is 0 Å². The van der Waals surface area contributed by atoms with Gasteiger partial charge in [-0.3, -0.25) is 0 Å². The van der Waals surface area contributed by atoms with Crippen molar-refractivity contribution in [2.24, 2.45) is 11.7 Å². The smallest absolute Gasteiger partial charge is 0.166 e. The summed E-state index contributed by atoms with van der Waals surface area (Å²) in [5.41, 5.74) is 6.71. The van der Waals surface area contributed by atoms with Crippen molar-refractivity contribution in [2.45, 2.75) is 19.4 Å². The monoisotopic (exact) mass is 273 g/mol. The molecule has 2 unspecified atom stereocenters. The molecule has 1 aliphatic rings. The Kier molecular flexibility index (Phi) is 2.98. The van der Waals surface area contributed by atoms with Gasteiger partial charge in [0, 0.05) is 16.4 Å². The Labute approximate surface area is 96.7 Å². The van der Waals surface area contributed by atoms with Crippen LogP contribution in [0.1, 0.15) is 12.5 Å². The van der Waals surface area contributed by atoms with Crippen LogP contribution in [0.5, 0.6) is 5.75 Å². The molecule has 0 amide bonds. The lowest BCUT2D eigenvalue weighted by atomic mass is 9.92. The van der Waals surface area contributed by atoms with E-state index in [1.165, 1.54) is 6.07 Å². The van der Waals surface area contributed by atoms with E-state index in [-0.39, 0.29) is 17.8 Å². The van der Waals surface area contributed by atoms with Gasteiger partial charge in [-0.05, 0) is 31.0 Å². The fourth-order valence-electron chi connectivity index (χ4n) is 1.80. The van der Waals surface area contributed by atoms with Crippen LogP contribution in [0.3, 0.4) is 0 Å². The number of rotatable bonds is 1. The summed E-state index contributed by atoms with van der Waals surface area (Å²) >= 11 is 3.27. The summed E-state index contributed by atoms with van der Waals surface area (Å²) in [5.74, 6) is 0.351. The molecule has 1 aromatic rings. The van der Waals surface area contributed by atoms with Crippen molar-refractivity contribution in [3.05, 3.63) is 28.0 Å². The summed E-state index contributed by atoms with van der Waals surface area (Å²) in [6.45, 7) is 2.45. The number of halogens is 2. The minimum Gasteiger partial charge on any atom is -0.490 e. The van der Waals surface area contributed by atoms with Crippen LogP contribution in [0.15, 0.2) is 16.6 Å². The van der Waals surface area contributed by atoms with Gasteiger partial charge in [-0.1, -0.05) is 15.9 Å². The third-order valence-electron chi connectivity index (χ3n) is 2.75. The van der Waals surface area contributed by atoms with Gasteiger partial charge < -0.3 is 10.5 Å². The Morgan fingerprint density at radius 3 is 3.00 bits per heavy atom. The fraction of sp³-hybridized carbons (Fsp3) is 0.455. The van der Waals surface area contributed by atoms with Crippen molar-refractivity contribution in [3.8, 4) is 5.75 Å². The summed E-state index contributed by atoms with van der Waals surface area (Å²) in [7, 11) is 0. The highest BCUT2D eigenvalue weighted by Gasteiger charge is 2.25. The van der Waals surface area contributed by atoms with Crippen LogP contribution in [0.4, 0.5) is 4.39 Å². The van der Waals surface area contributed by atoms with Crippen molar-refractivity contribution in [1.82, 2.24) is 0 Å². The lowest BCUT2D eigenvalue weighted by molar-refractivity contribution is 0.195. The van der Waals surface area contributed by atoms with E-state index < -0.39 is 0 Å². The van der Waals surface area contributed by atoms with Gasteiger partial charge in [-0.2, -0.15) is 0 Å². The zero-order valence-electron chi connectivity index (χ0n) is 8.47. The van der Waals surface area contributed by atoms with E-state index in [1.807, 2.05) is 13.0 Å². The zero-order valence-corrected chi connectivity index (χ0v) is 10.1. The zero-order chi connectivity index (χ0) is 11.0. The molecule has 1 aliphatic heterocycles. The number of nitrogens with two attached hydrogens (primary N) is 1. The van der Waals surface area contributed by atoms with E-state index >= 15 is 0 Å². The summed E-state index contributed by atoms with van der Waals surface area (Å²) in [5, 5.41) is 0. The summed E-state index contributed by atoms with van der Waals surface area (Å²) in [4.78, 5) is 0. The van der Waals surface area contributed by atoms with Crippen molar-refractivity contribution >= 4 is 15.9 Å². The van der Waals surface area contributed by atoms with Crippen molar-refractivity contribution in [3.63, 3.8) is 0 Å². The Morgan fingerprint density at radius 1 is 1.60 bits per heavy atom. The largest absolute Gasteiger partial charge is 0.490 e. The maximum absolute atomic E-state index is 13.5. The highest BCUT2D eigenvalue weighted by Crippen LogP contribution is 2.33. The SMILES string of the molecule is CC(N)C1COc2c(F)cc(Br)cc2C1. The van der Waals surface area contributed by atoms with Crippen molar-refractivity contribution in [1.29, 1.82) is 0 Å². The van der Waals surface area contributed by atoms with Gasteiger partial charge >= 0.3 is 0 Å². The Balaban J connectivity index is 2.33. The number of hydrogen-bond acceptors (Lipinski definition) is 2. The van der Waals surface area contributed by atoms with Gasteiger partial charge in [-0.25, -0.2) is 4.39 Å². The summed E-state index contributed by atoms with van der Waals surface area (Å²) < 4.78 is 19.6. The Bertz CT molecular complexity index is 381. The van der Waals surface area contributed by atoms with Crippen LogP contribution in [0.2, 0.25) is 0 Å². The van der Waals surface area contributed by atoms with Crippen LogP contribution in [0.25, 0.3) is 0 Å². The molecule has 0 spiro atoms. The summed E-state index contributed by atoms with van der Waals surface area (Å²) in [6.07, 6.45) is 0.781. The quantitative estimate of drug-likeness (QED) is 0.853. The first-order valence-electron chi connectivity index (χ1n) is 4.94. The highest BCUT2D eigenvalue weighted by molar-refractivity contribution is 9.10. The van der Waals surface area contributed by atoms with Gasteiger partial charge in [0.2, 0.25) is 0 Å². The Hall–Kier alpha value is -0.610. The predicted molar refractivity (Wildman–Crippen MR) is 60.4 cm³/mol. The van der Waals surface area contributed by atoms with E-state index in [9.17, 15) is 4.39 Å². The van der Waals surface area contributed by atoms with Gasteiger partial charge in [0.05, 0.1) is 6.61 Å². The fourth-order valence-corrected chi connectivity index (χ4v) is 2.27. The average molecular weight is 274 g/mol. The van der Waals surface area contributed by atoms with Crippen molar-refractivity contribution in [2.75, 3.05) is 6.61 Å². The molecule has 0 radical (unpaired) electrons. The molecule has 0 bridgehead atoms. The number of ether oxygens (including phenoxy) is 1. The molecule has 15 heavy (non-hydrogen) atoms. The third-order valence-corrected chi connectivity index (χ3v) is 3.21. The van der Waals surface area contributed by atoms with Crippen LogP contribution in [-0.2, 0) is 6.42 Å². The minimum absolute atomic E-state index is 0.0696. The lowest BCUT2D eigenvalue weighted by Gasteiger charge is -2.28. The molecule has 1 aromatic carbocycles. The van der Waals surface area contributed by atoms with Crippen LogP contribution in [0, 0.1) is 11.7 Å². The van der Waals surface area contributed by atoms with E-state index in [1.54, 1.807) is 0 Å². The van der Waals surface area contributed by atoms with Gasteiger partial charge in [0.15, 0.2) is 11.6 Å². The molecule has 0 aliphatic carbocycles. The summed E-state index contributed by atoms with van der Waals surface area (Å²) in [6, 6.07) is 3.39. The molecule has 2 N–H and O–H groups in total. The maximum Gasteiger partial charge on any atom is 0.166 e. The molecular formula is C11H13BrFNO. The van der Waals surface area contributed by atoms with E-state index in [0.29, 0.717) is 12.4 Å². The molecular weight excluding hydrogens is 261 g/mol. The standard InChI is InChI=1S/C11H13BrFNO/c1-6(14)8-2-7-3-9(12)4-10(13)11(7)15-5-8/h3-4,6,8H,2,5,14H2,1H3. The highest BCUT2D eigenvalue weighted by atomic mass is 79.9. The average Bonchev–Trinajstić information content (AvgIpc) is 2.16. The first-order chi connectivity index (χ1) is 7.08. The van der Waals surface area contributed by atoms with Crippen LogP contribution < -0.4 is 10.5 Å². The minimum atomic E-state index is -0.303. The van der Waals surface area contributed by atoms with Gasteiger partial charge in [0.1, 0.15) is 0 Å². The Morgan fingerprint density at radius 2 is 2.33 bits per heavy atom. The lowest BCUT2D eigenvalue weighted by Crippen LogP contribution is -2.35. The molecule has 2 rings (SSSR count). The number of benzene rings is 1. The maximum atomic E-state index is 13.5. The van der Waals surface area contributed by atoms with Gasteiger partial charge in [-0.15, -0.1) is 0 Å². The van der Waals surface area contributed by atoms with E-state index in [0.717, 1.165) is 16.5 Å². The second kappa shape index (κ2) is 4.10. The first kappa shape index (κ1) is 10.9. The molecule has 0 aromatic heterocycles. The first-order valence-corrected chi connectivity index (χ1v) is 5.73. The predicted octanol–water partition coefficient (Wildman–Crippen LogP) is 2.49. The normalized spacial score (nSPS) is 21.7. The molecule has 1 heterocycles. The molecule has 82 valence electrons. The van der Waals surface area contributed by atoms with Crippen LogP contribution in [-0.4, -0.2) is 12.6 Å². The molecule has 2 nitrogen and oxygen atoms in total. The number of fused-ring (bicyclic) bond motifs is 1. The molecule has 0 saturated carbocycles. The third kappa shape index (κ3) is 2.16. The molecule has 0 fully saturated rings. The second-order valence-corrected chi connectivity index (χ2v) is 4.93.